The van der Waals surface area contributed by atoms with Crippen molar-refractivity contribution in [1.29, 1.82) is 0 Å². The quantitative estimate of drug-likeness (QED) is 0.309. The van der Waals surface area contributed by atoms with E-state index in [1.165, 1.54) is 11.0 Å². The third-order valence-corrected chi connectivity index (χ3v) is 11.4. The normalized spacial score (nSPS) is 21.2. The van der Waals surface area contributed by atoms with Gasteiger partial charge in [0.1, 0.15) is 6.61 Å². The smallest absolute Gasteiger partial charge is 0.410 e. The summed E-state index contributed by atoms with van der Waals surface area (Å²) in [5.74, 6) is -0.581. The van der Waals surface area contributed by atoms with Crippen LogP contribution in [0.1, 0.15) is 54.8 Å². The molecule has 0 N–H and O–H groups in total. The summed E-state index contributed by atoms with van der Waals surface area (Å²) in [6, 6.07) is 6.60. The Balaban J connectivity index is 1.77. The molecular formula is C26H36N2O5Si. The van der Waals surface area contributed by atoms with Crippen LogP contribution in [0.25, 0.3) is 0 Å². The highest BCUT2D eigenvalue weighted by Gasteiger charge is 2.43. The van der Waals surface area contributed by atoms with Gasteiger partial charge >= 0.3 is 6.09 Å². The number of hydrogen-bond donors (Lipinski definition) is 0. The minimum Gasteiger partial charge on any atom is -0.445 e. The Hall–Kier alpha value is -2.71. The first-order chi connectivity index (χ1) is 15.9. The summed E-state index contributed by atoms with van der Waals surface area (Å²) in [5, 5.41) is 0.0521. The van der Waals surface area contributed by atoms with E-state index in [-0.39, 0.29) is 42.2 Å². The van der Waals surface area contributed by atoms with Gasteiger partial charge in [-0.25, -0.2) is 4.79 Å². The Labute approximate surface area is 203 Å². The maximum atomic E-state index is 12.8. The maximum absolute atomic E-state index is 12.8. The molecule has 0 aliphatic carbocycles. The summed E-state index contributed by atoms with van der Waals surface area (Å²) in [7, 11) is -2.03. The van der Waals surface area contributed by atoms with Gasteiger partial charge in [0.15, 0.2) is 8.32 Å². The summed E-state index contributed by atoms with van der Waals surface area (Å²) >= 11 is 0. The second kappa shape index (κ2) is 9.88. The lowest BCUT2D eigenvalue weighted by atomic mass is 10.1. The number of carbonyl (C=O) groups is 3. The fourth-order valence-electron chi connectivity index (χ4n) is 4.10. The van der Waals surface area contributed by atoms with Crippen LogP contribution in [0.4, 0.5) is 4.79 Å². The Kier molecular flexibility index (Phi) is 7.52. The van der Waals surface area contributed by atoms with Crippen molar-refractivity contribution in [1.82, 2.24) is 9.80 Å². The van der Waals surface area contributed by atoms with Gasteiger partial charge in [0.2, 0.25) is 0 Å². The van der Waals surface area contributed by atoms with Crippen molar-refractivity contribution in [2.45, 2.75) is 64.4 Å². The lowest BCUT2D eigenvalue weighted by molar-refractivity contribution is 0.0667. The number of likely N-dealkylation sites (tertiary alicyclic amines) is 1. The SMILES string of the molecule is C=CCOC(=O)N1C[C@H](O[Si](C)(C)C(C)(C)C)C[C@H]1C=C(C)CN1C(=O)c2ccccc2C1=O. The largest absolute Gasteiger partial charge is 0.445 e. The fourth-order valence-corrected chi connectivity index (χ4v) is 5.46. The van der Waals surface area contributed by atoms with Gasteiger partial charge < -0.3 is 9.16 Å². The van der Waals surface area contributed by atoms with E-state index in [1.807, 2.05) is 13.0 Å². The highest BCUT2D eigenvalue weighted by Crippen LogP contribution is 2.39. The zero-order valence-corrected chi connectivity index (χ0v) is 22.1. The topological polar surface area (TPSA) is 76.2 Å². The van der Waals surface area contributed by atoms with E-state index >= 15 is 0 Å². The molecule has 2 aliphatic rings. The van der Waals surface area contributed by atoms with Crippen molar-refractivity contribution >= 4 is 26.2 Å². The number of rotatable bonds is 7. The van der Waals surface area contributed by atoms with E-state index in [1.54, 1.807) is 29.2 Å². The Bertz CT molecular complexity index is 976. The summed E-state index contributed by atoms with van der Waals surface area (Å²) in [6.07, 6.45) is 3.60. The minimum atomic E-state index is -2.03. The number of ether oxygens (including phenoxy) is 1. The van der Waals surface area contributed by atoms with E-state index in [0.29, 0.717) is 24.1 Å². The van der Waals surface area contributed by atoms with E-state index in [2.05, 4.69) is 40.4 Å². The molecule has 0 saturated carbocycles. The van der Waals surface area contributed by atoms with Crippen LogP contribution >= 0.6 is 0 Å². The van der Waals surface area contributed by atoms with Crippen LogP contribution in [0.3, 0.4) is 0 Å². The van der Waals surface area contributed by atoms with E-state index in [9.17, 15) is 14.4 Å². The molecule has 7 nitrogen and oxygen atoms in total. The molecule has 1 fully saturated rings. The highest BCUT2D eigenvalue weighted by atomic mass is 28.4. The van der Waals surface area contributed by atoms with Crippen molar-refractivity contribution in [3.8, 4) is 0 Å². The molecule has 184 valence electrons. The molecule has 3 amide bonds. The van der Waals surface area contributed by atoms with Crippen LogP contribution in [-0.2, 0) is 9.16 Å². The van der Waals surface area contributed by atoms with Gasteiger partial charge in [-0.05, 0) is 43.6 Å². The molecule has 8 heteroatoms. The third-order valence-electron chi connectivity index (χ3n) is 6.89. The van der Waals surface area contributed by atoms with Crippen molar-refractivity contribution in [2.75, 3.05) is 19.7 Å². The lowest BCUT2D eigenvalue weighted by Crippen LogP contribution is -2.44. The summed E-state index contributed by atoms with van der Waals surface area (Å²) in [6.45, 7) is 17.2. The van der Waals surface area contributed by atoms with Gasteiger partial charge in [-0.3, -0.25) is 19.4 Å². The first-order valence-electron chi connectivity index (χ1n) is 11.7. The predicted molar refractivity (Wildman–Crippen MR) is 134 cm³/mol. The van der Waals surface area contributed by atoms with E-state index in [4.69, 9.17) is 9.16 Å². The lowest BCUT2D eigenvalue weighted by Gasteiger charge is -2.38. The number of benzene rings is 1. The van der Waals surface area contributed by atoms with Gasteiger partial charge in [0, 0.05) is 6.54 Å². The molecule has 34 heavy (non-hydrogen) atoms. The van der Waals surface area contributed by atoms with Crippen molar-refractivity contribution in [2.24, 2.45) is 0 Å². The second-order valence-electron chi connectivity index (χ2n) is 10.6. The average Bonchev–Trinajstić information content (AvgIpc) is 3.25. The van der Waals surface area contributed by atoms with Crippen LogP contribution in [0.5, 0.6) is 0 Å². The van der Waals surface area contributed by atoms with Crippen LogP contribution in [0.15, 0.2) is 48.6 Å². The molecule has 0 unspecified atom stereocenters. The predicted octanol–water partition coefficient (Wildman–Crippen LogP) is 5.02. The van der Waals surface area contributed by atoms with Gasteiger partial charge in [0.25, 0.3) is 11.8 Å². The number of nitrogens with zero attached hydrogens (tertiary/aromatic N) is 2. The maximum Gasteiger partial charge on any atom is 0.410 e. The molecule has 1 aromatic rings. The molecule has 0 bridgehead atoms. The zero-order chi connectivity index (χ0) is 25.3. The van der Waals surface area contributed by atoms with Crippen LogP contribution in [-0.4, -0.2) is 67.9 Å². The van der Waals surface area contributed by atoms with Gasteiger partial charge in [-0.2, -0.15) is 0 Å². The van der Waals surface area contributed by atoms with Gasteiger partial charge in [-0.15, -0.1) is 0 Å². The highest BCUT2D eigenvalue weighted by molar-refractivity contribution is 6.74. The number of hydrogen-bond acceptors (Lipinski definition) is 5. The molecule has 1 saturated heterocycles. The molecular weight excluding hydrogens is 448 g/mol. The average molecular weight is 485 g/mol. The van der Waals surface area contributed by atoms with E-state index in [0.717, 1.165) is 5.57 Å². The van der Waals surface area contributed by atoms with Crippen LogP contribution < -0.4 is 0 Å². The van der Waals surface area contributed by atoms with Crippen LogP contribution in [0, 0.1) is 0 Å². The minimum absolute atomic E-state index is 0.0521. The molecule has 0 spiro atoms. The zero-order valence-electron chi connectivity index (χ0n) is 21.1. The molecule has 2 aliphatic heterocycles. The molecule has 2 heterocycles. The number of imide groups is 1. The Morgan fingerprint density at radius 2 is 1.76 bits per heavy atom. The number of fused-ring (bicyclic) bond motifs is 1. The Morgan fingerprint density at radius 3 is 2.29 bits per heavy atom. The van der Waals surface area contributed by atoms with Crippen molar-refractivity contribution in [3.63, 3.8) is 0 Å². The molecule has 2 atom stereocenters. The monoisotopic (exact) mass is 484 g/mol. The first kappa shape index (κ1) is 25.9. The Morgan fingerprint density at radius 1 is 1.18 bits per heavy atom. The summed E-state index contributed by atoms with van der Waals surface area (Å²) < 4.78 is 11.9. The molecule has 3 rings (SSSR count). The van der Waals surface area contributed by atoms with E-state index < -0.39 is 14.4 Å². The second-order valence-corrected chi connectivity index (χ2v) is 15.3. The molecule has 0 radical (unpaired) electrons. The number of carbonyl (C=O) groups excluding carboxylic acids is 3. The molecule has 1 aromatic carbocycles. The van der Waals surface area contributed by atoms with Gasteiger partial charge in [0.05, 0.1) is 29.8 Å². The number of amides is 3. The van der Waals surface area contributed by atoms with Gasteiger partial charge in [-0.1, -0.05) is 57.2 Å². The summed E-state index contributed by atoms with van der Waals surface area (Å²) in [4.78, 5) is 41.2. The third kappa shape index (κ3) is 5.33. The standard InChI is InChI=1S/C26H36N2O5Si/c1-8-13-32-25(31)27-17-20(33-34(6,7)26(3,4)5)15-19(27)14-18(2)16-28-23(29)21-11-9-10-12-22(21)24(28)30/h8-12,14,19-20H,1,13,15-17H2,2-7H3/t19-,20-/m1/s1. The first-order valence-corrected chi connectivity index (χ1v) is 14.6. The molecule has 0 aromatic heterocycles. The van der Waals surface area contributed by atoms with Crippen molar-refractivity contribution < 1.29 is 23.5 Å². The van der Waals surface area contributed by atoms with Crippen molar-refractivity contribution in [3.05, 3.63) is 59.7 Å². The fraction of sp³-hybridized carbons (Fsp3) is 0.500. The van der Waals surface area contributed by atoms with Crippen LogP contribution in [0.2, 0.25) is 18.1 Å². The summed E-state index contributed by atoms with van der Waals surface area (Å²) in [5.41, 5.74) is 1.69.